The van der Waals surface area contributed by atoms with Crippen LogP contribution in [0.25, 0.3) is 0 Å². The Kier molecular flexibility index (Phi) is 27.1. The fourth-order valence-corrected chi connectivity index (χ4v) is 4.88. The second-order valence-corrected chi connectivity index (χ2v) is 12.5. The molecule has 0 fully saturated rings. The number of aliphatic hydroxyl groups is 1. The number of carbonyl (C=O) groups excluding carboxylic acids is 2. The summed E-state index contributed by atoms with van der Waals surface area (Å²) >= 11 is 0. The van der Waals surface area contributed by atoms with Gasteiger partial charge in [0.2, 0.25) is 5.91 Å². The minimum atomic E-state index is -4.74. The largest absolute Gasteiger partial charge is 0.480 e. The molecule has 11 nitrogen and oxygen atoms in total. The maximum absolute atomic E-state index is 12.2. The number of carbonyl (C=O) groups is 3. The van der Waals surface area contributed by atoms with Crippen LogP contribution in [0.1, 0.15) is 129 Å². The zero-order chi connectivity index (χ0) is 32.9. The topological polar surface area (TPSA) is 169 Å². The Labute approximate surface area is 264 Å². The third-order valence-electron chi connectivity index (χ3n) is 6.74. The molecule has 0 aromatic rings. The predicted octanol–water partition coefficient (Wildman–Crippen LogP) is 6.77. The molecule has 0 saturated carbocycles. The number of allylic oxidation sites excluding steroid dienone is 4. The smallest absolute Gasteiger partial charge is 0.472 e. The second-order valence-electron chi connectivity index (χ2n) is 11.0. The van der Waals surface area contributed by atoms with Crippen LogP contribution in [0.15, 0.2) is 24.3 Å². The van der Waals surface area contributed by atoms with Gasteiger partial charge in [0.15, 0.2) is 6.04 Å². The van der Waals surface area contributed by atoms with Crippen LogP contribution < -0.4 is 5.32 Å². The number of carboxylic acid groups (broad SMARTS) is 1. The highest BCUT2D eigenvalue weighted by molar-refractivity contribution is 7.47. The van der Waals surface area contributed by atoms with Gasteiger partial charge in [-0.05, 0) is 44.9 Å². The molecule has 0 bridgehead atoms. The number of hydrogen-bond acceptors (Lipinski definition) is 8. The summed E-state index contributed by atoms with van der Waals surface area (Å²) in [7, 11) is -4.74. The first-order valence-corrected chi connectivity index (χ1v) is 17.9. The van der Waals surface area contributed by atoms with Crippen molar-refractivity contribution in [2.75, 3.05) is 19.8 Å². The van der Waals surface area contributed by atoms with E-state index in [4.69, 9.17) is 9.26 Å². The van der Waals surface area contributed by atoms with Gasteiger partial charge in [-0.25, -0.2) is 9.36 Å². The molecule has 3 unspecified atom stereocenters. The average molecular weight is 648 g/mol. The number of nitrogens with one attached hydrogen (secondary N) is 1. The number of phosphoric acid groups is 1. The summed E-state index contributed by atoms with van der Waals surface area (Å²) in [5, 5.41) is 21.5. The van der Waals surface area contributed by atoms with Gasteiger partial charge in [0, 0.05) is 12.8 Å². The van der Waals surface area contributed by atoms with Crippen molar-refractivity contribution in [2.24, 2.45) is 0 Å². The molecule has 0 aromatic heterocycles. The highest BCUT2D eigenvalue weighted by Crippen LogP contribution is 2.43. The summed E-state index contributed by atoms with van der Waals surface area (Å²) in [6.45, 7) is 2.40. The number of aliphatic hydroxyl groups excluding tert-OH is 1. The summed E-state index contributed by atoms with van der Waals surface area (Å²) in [5.74, 6) is -2.41. The maximum Gasteiger partial charge on any atom is 0.472 e. The molecular formula is C32H58NO10P. The van der Waals surface area contributed by atoms with E-state index in [0.29, 0.717) is 12.8 Å². The van der Waals surface area contributed by atoms with Gasteiger partial charge in [0.25, 0.3) is 0 Å². The number of ether oxygens (including phenoxy) is 1. The number of carboxylic acids is 1. The van der Waals surface area contributed by atoms with E-state index < -0.39 is 57.6 Å². The summed E-state index contributed by atoms with van der Waals surface area (Å²) in [4.78, 5) is 45.2. The van der Waals surface area contributed by atoms with Crippen LogP contribution in [0.2, 0.25) is 0 Å². The molecule has 0 saturated heterocycles. The van der Waals surface area contributed by atoms with Crippen molar-refractivity contribution in [2.45, 2.75) is 142 Å². The number of unbranched alkanes of at least 4 members (excludes halogenated alkanes) is 12. The fraction of sp³-hybridized carbons (Fsp3) is 0.781. The molecule has 0 radical (unpaired) electrons. The first kappa shape index (κ1) is 42.0. The average Bonchev–Trinajstić information content (AvgIpc) is 2.98. The lowest BCUT2D eigenvalue weighted by Crippen LogP contribution is -2.43. The summed E-state index contributed by atoms with van der Waals surface area (Å²) < 4.78 is 26.4. The Hall–Kier alpha value is -2.04. The molecule has 0 rings (SSSR count). The molecule has 12 heteroatoms. The van der Waals surface area contributed by atoms with E-state index in [0.717, 1.165) is 70.6 Å². The van der Waals surface area contributed by atoms with Crippen molar-refractivity contribution in [3.05, 3.63) is 24.3 Å². The standard InChI is InChI=1S/C32H58NO10P/c1-3-5-7-9-10-11-12-13-14-15-16-17-18-20-21-23-30(35)33-29(32(37)38)27-43-44(39,40)42-26-28(34)25-41-31(36)24-22-19-8-6-4-2/h10-11,13-14,28-29,34H,3-9,12,15-27H2,1-2H3,(H,33,35)(H,37,38)(H,39,40)/b11-10-,14-13-. The Morgan fingerprint density at radius 1 is 0.727 bits per heavy atom. The number of rotatable bonds is 30. The second kappa shape index (κ2) is 28.4. The maximum atomic E-state index is 12.2. The number of aliphatic carboxylic acids is 1. The molecule has 0 aliphatic rings. The highest BCUT2D eigenvalue weighted by Gasteiger charge is 2.28. The lowest BCUT2D eigenvalue weighted by molar-refractivity contribution is -0.147. The summed E-state index contributed by atoms with van der Waals surface area (Å²) in [5.41, 5.74) is 0. The zero-order valence-corrected chi connectivity index (χ0v) is 27.9. The van der Waals surface area contributed by atoms with Crippen LogP contribution in [0.4, 0.5) is 0 Å². The highest BCUT2D eigenvalue weighted by atomic mass is 31.2. The van der Waals surface area contributed by atoms with Gasteiger partial charge < -0.3 is 25.2 Å². The third-order valence-corrected chi connectivity index (χ3v) is 7.69. The van der Waals surface area contributed by atoms with Crippen molar-refractivity contribution >= 4 is 25.7 Å². The first-order valence-electron chi connectivity index (χ1n) is 16.4. The molecule has 3 atom stereocenters. The van der Waals surface area contributed by atoms with E-state index in [1.165, 1.54) is 19.3 Å². The lowest BCUT2D eigenvalue weighted by Gasteiger charge is -2.18. The lowest BCUT2D eigenvalue weighted by atomic mass is 10.1. The molecule has 1 amide bonds. The number of hydrogen-bond donors (Lipinski definition) is 4. The molecule has 0 aliphatic carbocycles. The Morgan fingerprint density at radius 3 is 1.89 bits per heavy atom. The number of esters is 1. The number of phosphoric ester groups is 1. The van der Waals surface area contributed by atoms with Gasteiger partial charge in [-0.3, -0.25) is 18.6 Å². The van der Waals surface area contributed by atoms with Gasteiger partial charge in [-0.1, -0.05) is 95.9 Å². The van der Waals surface area contributed by atoms with Gasteiger partial charge in [0.05, 0.1) is 13.2 Å². The van der Waals surface area contributed by atoms with Crippen LogP contribution >= 0.6 is 7.82 Å². The third kappa shape index (κ3) is 27.5. The predicted molar refractivity (Wildman–Crippen MR) is 171 cm³/mol. The van der Waals surface area contributed by atoms with E-state index in [9.17, 15) is 34.1 Å². The van der Waals surface area contributed by atoms with Crippen LogP contribution in [0, 0.1) is 0 Å². The van der Waals surface area contributed by atoms with Crippen LogP contribution in [0.5, 0.6) is 0 Å². The Bertz CT molecular complexity index is 864. The zero-order valence-electron chi connectivity index (χ0n) is 27.0. The molecule has 0 aromatic carbocycles. The van der Waals surface area contributed by atoms with Crippen LogP contribution in [-0.4, -0.2) is 64.9 Å². The quantitative estimate of drug-likeness (QED) is 0.0283. The summed E-state index contributed by atoms with van der Waals surface area (Å²) in [6, 6.07) is -1.55. The van der Waals surface area contributed by atoms with Crippen molar-refractivity contribution in [1.29, 1.82) is 0 Å². The van der Waals surface area contributed by atoms with Crippen molar-refractivity contribution < 1.29 is 47.8 Å². The summed E-state index contributed by atoms with van der Waals surface area (Å²) in [6.07, 6.45) is 24.1. The van der Waals surface area contributed by atoms with E-state index in [2.05, 4.69) is 48.0 Å². The first-order chi connectivity index (χ1) is 21.1. The van der Waals surface area contributed by atoms with E-state index >= 15 is 0 Å². The van der Waals surface area contributed by atoms with Gasteiger partial charge in [-0.2, -0.15) is 0 Å². The number of amides is 1. The van der Waals surface area contributed by atoms with Crippen molar-refractivity contribution in [3.63, 3.8) is 0 Å². The SMILES string of the molecule is CCCCC/C=C\C/C=C\CCCCCCCC(=O)NC(COP(=O)(O)OCC(O)COC(=O)CCCCCCC)C(=O)O. The van der Waals surface area contributed by atoms with Gasteiger partial charge in [0.1, 0.15) is 12.7 Å². The van der Waals surface area contributed by atoms with Crippen molar-refractivity contribution in [1.82, 2.24) is 5.32 Å². The van der Waals surface area contributed by atoms with E-state index in [1.807, 2.05) is 0 Å². The minimum Gasteiger partial charge on any atom is -0.480 e. The minimum absolute atomic E-state index is 0.130. The molecule has 0 heterocycles. The van der Waals surface area contributed by atoms with Gasteiger partial charge in [-0.15, -0.1) is 0 Å². The van der Waals surface area contributed by atoms with Crippen molar-refractivity contribution in [3.8, 4) is 0 Å². The Morgan fingerprint density at radius 2 is 1.25 bits per heavy atom. The molecule has 0 aliphatic heterocycles. The van der Waals surface area contributed by atoms with E-state index in [1.54, 1.807) is 0 Å². The monoisotopic (exact) mass is 647 g/mol. The fourth-order valence-electron chi connectivity index (χ4n) is 4.11. The molecule has 256 valence electrons. The molecular weight excluding hydrogens is 589 g/mol. The van der Waals surface area contributed by atoms with Gasteiger partial charge >= 0.3 is 19.8 Å². The molecule has 44 heavy (non-hydrogen) atoms. The van der Waals surface area contributed by atoms with E-state index in [-0.39, 0.29) is 12.8 Å². The molecule has 0 spiro atoms. The normalized spacial score (nSPS) is 14.5. The molecule has 4 N–H and O–H groups in total. The Balaban J connectivity index is 4.06. The van der Waals surface area contributed by atoms with Crippen LogP contribution in [0.3, 0.4) is 0 Å². The van der Waals surface area contributed by atoms with Crippen LogP contribution in [-0.2, 0) is 32.7 Å².